The zero-order valence-electron chi connectivity index (χ0n) is 10.9. The fraction of sp³-hybridized carbons (Fsp3) is 0.167. The van der Waals surface area contributed by atoms with Crippen LogP contribution in [0.2, 0.25) is 0 Å². The minimum atomic E-state index is -0.740. The lowest BCUT2D eigenvalue weighted by molar-refractivity contribution is 0.415. The molecule has 4 N–H and O–H groups in total. The maximum absolute atomic E-state index is 13.9. The number of hydrogen-bond acceptors (Lipinski definition) is 6. The fourth-order valence-corrected chi connectivity index (χ4v) is 1.65. The zero-order valence-corrected chi connectivity index (χ0v) is 10.9. The Balaban J connectivity index is 2.48. The van der Waals surface area contributed by atoms with Crippen molar-refractivity contribution in [2.45, 2.75) is 6.92 Å². The van der Waals surface area contributed by atoms with Crippen LogP contribution in [-0.4, -0.2) is 17.1 Å². The summed E-state index contributed by atoms with van der Waals surface area (Å²) < 4.78 is 32.7. The standard InChI is InChI=1S/C12H13F2N5O/c1-6-3-4-7(13)9(8(6)14)18-11-10(20-2)12(19-15)17-5-16-11/h3-5H,15H2,1-2H3,(H2,16,17,18,19). The van der Waals surface area contributed by atoms with Crippen molar-refractivity contribution in [3.63, 3.8) is 0 Å². The van der Waals surface area contributed by atoms with Gasteiger partial charge in [0, 0.05) is 0 Å². The normalized spacial score (nSPS) is 10.2. The highest BCUT2D eigenvalue weighted by molar-refractivity contribution is 5.69. The molecule has 0 radical (unpaired) electrons. The number of nitrogens with two attached hydrogens (primary N) is 1. The number of nitrogen functional groups attached to an aromatic ring is 1. The number of nitrogens with zero attached hydrogens (tertiary/aromatic N) is 2. The van der Waals surface area contributed by atoms with E-state index in [-0.39, 0.29) is 23.1 Å². The van der Waals surface area contributed by atoms with Gasteiger partial charge in [0.2, 0.25) is 5.75 Å². The van der Waals surface area contributed by atoms with Gasteiger partial charge in [-0.15, -0.1) is 0 Å². The lowest BCUT2D eigenvalue weighted by atomic mass is 10.2. The summed E-state index contributed by atoms with van der Waals surface area (Å²) in [7, 11) is 1.37. The molecular weight excluding hydrogens is 268 g/mol. The molecule has 6 nitrogen and oxygen atoms in total. The minimum absolute atomic E-state index is 0.0962. The van der Waals surface area contributed by atoms with Crippen LogP contribution in [-0.2, 0) is 0 Å². The molecule has 106 valence electrons. The molecule has 0 fully saturated rings. The lowest BCUT2D eigenvalue weighted by Crippen LogP contribution is -2.12. The van der Waals surface area contributed by atoms with Crippen molar-refractivity contribution >= 4 is 17.3 Å². The zero-order chi connectivity index (χ0) is 14.7. The summed E-state index contributed by atoms with van der Waals surface area (Å²) in [5.74, 6) is 4.27. The van der Waals surface area contributed by atoms with Crippen LogP contribution in [0.15, 0.2) is 18.5 Å². The SMILES string of the molecule is COc1c(NN)ncnc1Nc1c(F)ccc(C)c1F. The summed E-state index contributed by atoms with van der Waals surface area (Å²) in [5.41, 5.74) is 2.30. The summed E-state index contributed by atoms with van der Waals surface area (Å²) in [5, 5.41) is 2.55. The van der Waals surface area contributed by atoms with Crippen molar-refractivity contribution in [2.75, 3.05) is 17.9 Å². The van der Waals surface area contributed by atoms with E-state index < -0.39 is 11.6 Å². The molecule has 0 spiro atoms. The fourth-order valence-electron chi connectivity index (χ4n) is 1.65. The van der Waals surface area contributed by atoms with Gasteiger partial charge in [0.25, 0.3) is 0 Å². The van der Waals surface area contributed by atoms with Crippen LogP contribution in [0.4, 0.5) is 26.1 Å². The van der Waals surface area contributed by atoms with Crippen LogP contribution >= 0.6 is 0 Å². The quantitative estimate of drug-likeness (QED) is 0.588. The lowest BCUT2D eigenvalue weighted by Gasteiger charge is -2.14. The summed E-state index contributed by atoms with van der Waals surface area (Å²) in [6.45, 7) is 1.53. The number of hydrogen-bond donors (Lipinski definition) is 3. The van der Waals surface area contributed by atoms with Crippen molar-refractivity contribution in [1.29, 1.82) is 0 Å². The van der Waals surface area contributed by atoms with Crippen LogP contribution in [0.3, 0.4) is 0 Å². The minimum Gasteiger partial charge on any atom is -0.490 e. The van der Waals surface area contributed by atoms with Crippen LogP contribution in [0.25, 0.3) is 0 Å². The Morgan fingerprint density at radius 2 is 1.90 bits per heavy atom. The van der Waals surface area contributed by atoms with Gasteiger partial charge in [0.1, 0.15) is 17.8 Å². The van der Waals surface area contributed by atoms with Crippen molar-refractivity contribution < 1.29 is 13.5 Å². The van der Waals surface area contributed by atoms with E-state index in [9.17, 15) is 8.78 Å². The monoisotopic (exact) mass is 281 g/mol. The number of methoxy groups -OCH3 is 1. The van der Waals surface area contributed by atoms with Gasteiger partial charge in [-0.25, -0.2) is 24.6 Å². The van der Waals surface area contributed by atoms with E-state index in [0.29, 0.717) is 5.56 Å². The first-order chi connectivity index (χ1) is 9.58. The number of aryl methyl sites for hydroxylation is 1. The Kier molecular flexibility index (Phi) is 3.94. The van der Waals surface area contributed by atoms with Gasteiger partial charge < -0.3 is 15.5 Å². The summed E-state index contributed by atoms with van der Waals surface area (Å²) >= 11 is 0. The maximum Gasteiger partial charge on any atom is 0.205 e. The molecule has 0 atom stereocenters. The molecule has 1 heterocycles. The summed E-state index contributed by atoms with van der Waals surface area (Å²) in [6, 6.07) is 2.51. The largest absolute Gasteiger partial charge is 0.490 e. The van der Waals surface area contributed by atoms with E-state index >= 15 is 0 Å². The van der Waals surface area contributed by atoms with Gasteiger partial charge in [0.05, 0.1) is 7.11 Å². The maximum atomic E-state index is 13.9. The van der Waals surface area contributed by atoms with Crippen molar-refractivity contribution in [1.82, 2.24) is 9.97 Å². The Labute approximate surface area is 114 Å². The van der Waals surface area contributed by atoms with Crippen molar-refractivity contribution in [3.8, 4) is 5.75 Å². The van der Waals surface area contributed by atoms with E-state index in [1.54, 1.807) is 0 Å². The molecule has 2 rings (SSSR count). The number of hydrazine groups is 1. The van der Waals surface area contributed by atoms with E-state index in [0.717, 1.165) is 6.07 Å². The average molecular weight is 281 g/mol. The van der Waals surface area contributed by atoms with Gasteiger partial charge in [-0.1, -0.05) is 6.07 Å². The van der Waals surface area contributed by atoms with Crippen LogP contribution in [0, 0.1) is 18.6 Å². The predicted molar refractivity (Wildman–Crippen MR) is 70.8 cm³/mol. The molecule has 0 aliphatic carbocycles. The third-order valence-corrected chi connectivity index (χ3v) is 2.67. The first-order valence-electron chi connectivity index (χ1n) is 5.65. The number of benzene rings is 1. The molecule has 0 amide bonds. The second-order valence-electron chi connectivity index (χ2n) is 3.93. The highest BCUT2D eigenvalue weighted by atomic mass is 19.1. The second kappa shape index (κ2) is 5.66. The van der Waals surface area contributed by atoms with Crippen LogP contribution in [0.5, 0.6) is 5.75 Å². The third kappa shape index (κ3) is 2.45. The molecule has 0 saturated heterocycles. The predicted octanol–water partition coefficient (Wildman–Crippen LogP) is 2.10. The second-order valence-corrected chi connectivity index (χ2v) is 3.93. The number of nitrogens with one attached hydrogen (secondary N) is 2. The number of ether oxygens (including phenoxy) is 1. The topological polar surface area (TPSA) is 85.1 Å². The van der Waals surface area contributed by atoms with Gasteiger partial charge in [-0.05, 0) is 18.6 Å². The molecule has 0 saturated carbocycles. The Hall–Kier alpha value is -2.48. The highest BCUT2D eigenvalue weighted by Gasteiger charge is 2.17. The molecular formula is C12H13F2N5O. The van der Waals surface area contributed by atoms with Crippen LogP contribution in [0.1, 0.15) is 5.56 Å². The number of anilines is 3. The first-order valence-corrected chi connectivity index (χ1v) is 5.65. The first kappa shape index (κ1) is 13.9. The van der Waals surface area contributed by atoms with Crippen LogP contribution < -0.4 is 21.3 Å². The average Bonchev–Trinajstić information content (AvgIpc) is 2.47. The van der Waals surface area contributed by atoms with Crippen molar-refractivity contribution in [3.05, 3.63) is 35.7 Å². The molecule has 1 aromatic heterocycles. The molecule has 2 aromatic rings. The molecule has 1 aromatic carbocycles. The Bertz CT molecular complexity index is 635. The summed E-state index contributed by atoms with van der Waals surface area (Å²) in [4.78, 5) is 7.72. The van der Waals surface area contributed by atoms with E-state index in [1.807, 2.05) is 0 Å². The van der Waals surface area contributed by atoms with E-state index in [1.165, 1.54) is 26.4 Å². The molecule has 20 heavy (non-hydrogen) atoms. The smallest absolute Gasteiger partial charge is 0.205 e. The van der Waals surface area contributed by atoms with E-state index in [4.69, 9.17) is 10.6 Å². The summed E-state index contributed by atoms with van der Waals surface area (Å²) in [6.07, 6.45) is 1.19. The van der Waals surface area contributed by atoms with E-state index in [2.05, 4.69) is 20.7 Å². The molecule has 0 bridgehead atoms. The van der Waals surface area contributed by atoms with Gasteiger partial charge in [-0.3, -0.25) is 0 Å². The molecule has 0 aliphatic heterocycles. The van der Waals surface area contributed by atoms with Gasteiger partial charge in [0.15, 0.2) is 17.5 Å². The number of aromatic nitrogens is 2. The third-order valence-electron chi connectivity index (χ3n) is 2.67. The van der Waals surface area contributed by atoms with Crippen molar-refractivity contribution in [2.24, 2.45) is 5.84 Å². The highest BCUT2D eigenvalue weighted by Crippen LogP contribution is 2.32. The van der Waals surface area contributed by atoms with Gasteiger partial charge in [-0.2, -0.15) is 0 Å². The Morgan fingerprint density at radius 3 is 2.55 bits per heavy atom. The Morgan fingerprint density at radius 1 is 1.20 bits per heavy atom. The molecule has 8 heteroatoms. The van der Waals surface area contributed by atoms with Gasteiger partial charge >= 0.3 is 0 Å². The number of rotatable bonds is 4. The number of halogens is 2. The molecule has 0 aliphatic rings. The molecule has 0 unspecified atom stereocenters.